The highest BCUT2D eigenvalue weighted by Crippen LogP contribution is 2.16. The molecule has 0 radical (unpaired) electrons. The van der Waals surface area contributed by atoms with E-state index >= 15 is 0 Å². The Labute approximate surface area is 130 Å². The number of aliphatic carboxylic acids is 1. The maximum Gasteiger partial charge on any atom is 0.305 e. The largest absolute Gasteiger partial charge is 0.481 e. The van der Waals surface area contributed by atoms with Crippen molar-refractivity contribution in [2.24, 2.45) is 0 Å². The fourth-order valence-electron chi connectivity index (χ4n) is 2.13. The molecular formula is C16H23NO5. The van der Waals surface area contributed by atoms with Gasteiger partial charge in [-0.2, -0.15) is 0 Å². The number of carboxylic acid groups (broad SMARTS) is 1. The molecule has 2 N–H and O–H groups in total. The van der Waals surface area contributed by atoms with E-state index in [9.17, 15) is 9.59 Å². The maximum atomic E-state index is 12.2. The zero-order valence-corrected chi connectivity index (χ0v) is 13.4. The van der Waals surface area contributed by atoms with Crippen LogP contribution in [0.3, 0.4) is 0 Å². The van der Waals surface area contributed by atoms with Crippen LogP contribution in [0.2, 0.25) is 0 Å². The van der Waals surface area contributed by atoms with Crippen LogP contribution < -0.4 is 10.1 Å². The normalized spacial score (nSPS) is 14.7. The van der Waals surface area contributed by atoms with Crippen molar-refractivity contribution in [3.8, 4) is 5.75 Å². The summed E-state index contributed by atoms with van der Waals surface area (Å²) in [6, 6.07) is 7.37. The first kappa shape index (κ1) is 18.0. The summed E-state index contributed by atoms with van der Waals surface area (Å²) in [5, 5.41) is 11.6. The number of nitrogens with one attached hydrogen (secondary N) is 1. The van der Waals surface area contributed by atoms with E-state index in [0.29, 0.717) is 5.75 Å². The quantitative estimate of drug-likeness (QED) is 0.764. The van der Waals surface area contributed by atoms with Crippen molar-refractivity contribution in [3.05, 3.63) is 29.8 Å². The standard InChI is InChI=1S/C16H23NO5/c1-11-6-5-7-13(8-11)22-12(2)15(20)17-16(3,10-21-4)9-14(18)19/h5-8,12H,9-10H2,1-4H3,(H,17,20)(H,18,19). The summed E-state index contributed by atoms with van der Waals surface area (Å²) in [5.41, 5.74) is 0.0437. The fraction of sp³-hybridized carbons (Fsp3) is 0.500. The van der Waals surface area contributed by atoms with Crippen molar-refractivity contribution >= 4 is 11.9 Å². The average molecular weight is 309 g/mol. The van der Waals surface area contributed by atoms with Gasteiger partial charge < -0.3 is 19.9 Å². The van der Waals surface area contributed by atoms with Crippen LogP contribution in [0.1, 0.15) is 25.8 Å². The molecule has 0 saturated carbocycles. The zero-order chi connectivity index (χ0) is 16.8. The lowest BCUT2D eigenvalue weighted by Gasteiger charge is -2.30. The molecule has 6 heteroatoms. The van der Waals surface area contributed by atoms with E-state index in [1.54, 1.807) is 19.9 Å². The molecule has 2 atom stereocenters. The third kappa shape index (κ3) is 5.73. The van der Waals surface area contributed by atoms with Gasteiger partial charge in [0.1, 0.15) is 5.75 Å². The first-order valence-corrected chi connectivity index (χ1v) is 7.02. The number of benzene rings is 1. The van der Waals surface area contributed by atoms with E-state index in [1.807, 2.05) is 25.1 Å². The number of hydrogen-bond acceptors (Lipinski definition) is 4. The van der Waals surface area contributed by atoms with Crippen molar-refractivity contribution in [2.75, 3.05) is 13.7 Å². The highest BCUT2D eigenvalue weighted by Gasteiger charge is 2.31. The van der Waals surface area contributed by atoms with Gasteiger partial charge in [0.25, 0.3) is 5.91 Å². The number of hydrogen-bond donors (Lipinski definition) is 2. The Bertz CT molecular complexity index is 531. The molecular weight excluding hydrogens is 286 g/mol. The summed E-state index contributed by atoms with van der Waals surface area (Å²) in [5.74, 6) is -0.802. The highest BCUT2D eigenvalue weighted by atomic mass is 16.5. The number of rotatable bonds is 8. The van der Waals surface area contributed by atoms with E-state index in [2.05, 4.69) is 5.32 Å². The first-order valence-electron chi connectivity index (χ1n) is 7.02. The van der Waals surface area contributed by atoms with Crippen LogP contribution in [0, 0.1) is 6.92 Å². The molecule has 1 aromatic rings. The molecule has 0 fully saturated rings. The molecule has 122 valence electrons. The number of carboxylic acids is 1. The Kier molecular flexibility index (Phi) is 6.37. The summed E-state index contributed by atoms with van der Waals surface area (Å²) < 4.78 is 10.6. The lowest BCUT2D eigenvalue weighted by molar-refractivity contribution is -0.140. The minimum absolute atomic E-state index is 0.0994. The zero-order valence-electron chi connectivity index (χ0n) is 13.4. The topological polar surface area (TPSA) is 84.9 Å². The summed E-state index contributed by atoms with van der Waals surface area (Å²) in [6.45, 7) is 5.27. The van der Waals surface area contributed by atoms with Crippen LogP contribution in [0.15, 0.2) is 24.3 Å². The number of aryl methyl sites for hydroxylation is 1. The molecule has 0 aromatic heterocycles. The van der Waals surface area contributed by atoms with Crippen LogP contribution >= 0.6 is 0 Å². The predicted molar refractivity (Wildman–Crippen MR) is 81.9 cm³/mol. The van der Waals surface area contributed by atoms with E-state index in [0.717, 1.165) is 5.56 Å². The van der Waals surface area contributed by atoms with Gasteiger partial charge in [0.05, 0.1) is 18.6 Å². The van der Waals surface area contributed by atoms with Crippen LogP contribution in [-0.4, -0.2) is 42.3 Å². The van der Waals surface area contributed by atoms with Crippen molar-refractivity contribution < 1.29 is 24.2 Å². The van der Waals surface area contributed by atoms with Gasteiger partial charge in [0.15, 0.2) is 6.10 Å². The molecule has 1 rings (SSSR count). The van der Waals surface area contributed by atoms with Crippen LogP contribution in [-0.2, 0) is 14.3 Å². The number of carbonyl (C=O) groups is 2. The Morgan fingerprint density at radius 1 is 1.41 bits per heavy atom. The third-order valence-corrected chi connectivity index (χ3v) is 3.10. The van der Waals surface area contributed by atoms with Crippen LogP contribution in [0.5, 0.6) is 5.75 Å². The van der Waals surface area contributed by atoms with Gasteiger partial charge in [-0.1, -0.05) is 12.1 Å². The second kappa shape index (κ2) is 7.79. The average Bonchev–Trinajstić information content (AvgIpc) is 2.37. The molecule has 0 spiro atoms. The monoisotopic (exact) mass is 309 g/mol. The maximum absolute atomic E-state index is 12.2. The molecule has 0 bridgehead atoms. The predicted octanol–water partition coefficient (Wildman–Crippen LogP) is 1.76. The summed E-state index contributed by atoms with van der Waals surface area (Å²) in [4.78, 5) is 23.2. The SMILES string of the molecule is COCC(C)(CC(=O)O)NC(=O)C(C)Oc1cccc(C)c1. The van der Waals surface area contributed by atoms with Gasteiger partial charge in [0.2, 0.25) is 0 Å². The highest BCUT2D eigenvalue weighted by molar-refractivity contribution is 5.82. The van der Waals surface area contributed by atoms with Gasteiger partial charge in [-0.05, 0) is 38.5 Å². The first-order chi connectivity index (χ1) is 10.3. The van der Waals surface area contributed by atoms with Crippen LogP contribution in [0.25, 0.3) is 0 Å². The molecule has 1 amide bonds. The summed E-state index contributed by atoms with van der Waals surface area (Å²) in [7, 11) is 1.46. The van der Waals surface area contributed by atoms with Gasteiger partial charge in [-0.25, -0.2) is 0 Å². The Morgan fingerprint density at radius 3 is 2.64 bits per heavy atom. The van der Waals surface area contributed by atoms with E-state index in [-0.39, 0.29) is 18.9 Å². The molecule has 0 aliphatic heterocycles. The van der Waals surface area contributed by atoms with Crippen molar-refractivity contribution in [1.29, 1.82) is 0 Å². The fourth-order valence-corrected chi connectivity index (χ4v) is 2.13. The van der Waals surface area contributed by atoms with Gasteiger partial charge in [-0.15, -0.1) is 0 Å². The molecule has 0 aliphatic carbocycles. The van der Waals surface area contributed by atoms with Crippen molar-refractivity contribution in [2.45, 2.75) is 38.8 Å². The Morgan fingerprint density at radius 2 is 2.09 bits per heavy atom. The van der Waals surface area contributed by atoms with Crippen molar-refractivity contribution in [3.63, 3.8) is 0 Å². The second-order valence-electron chi connectivity index (χ2n) is 5.63. The van der Waals surface area contributed by atoms with Gasteiger partial charge >= 0.3 is 5.97 Å². The summed E-state index contributed by atoms with van der Waals surface area (Å²) >= 11 is 0. The van der Waals surface area contributed by atoms with E-state index < -0.39 is 17.6 Å². The Balaban J connectivity index is 2.70. The molecule has 0 saturated heterocycles. The van der Waals surface area contributed by atoms with Gasteiger partial charge in [-0.3, -0.25) is 9.59 Å². The minimum Gasteiger partial charge on any atom is -0.481 e. The molecule has 6 nitrogen and oxygen atoms in total. The molecule has 1 aromatic carbocycles. The molecule has 0 aliphatic rings. The molecule has 22 heavy (non-hydrogen) atoms. The Hall–Kier alpha value is -2.08. The van der Waals surface area contributed by atoms with Gasteiger partial charge in [0, 0.05) is 7.11 Å². The molecule has 0 heterocycles. The number of carbonyl (C=O) groups excluding carboxylic acids is 1. The second-order valence-corrected chi connectivity index (χ2v) is 5.63. The lowest BCUT2D eigenvalue weighted by atomic mass is 9.98. The third-order valence-electron chi connectivity index (χ3n) is 3.10. The summed E-state index contributed by atoms with van der Waals surface area (Å²) in [6.07, 6.45) is -0.976. The number of methoxy groups -OCH3 is 1. The van der Waals surface area contributed by atoms with Crippen molar-refractivity contribution in [1.82, 2.24) is 5.32 Å². The number of amides is 1. The minimum atomic E-state index is -1.01. The molecule has 2 unspecified atom stereocenters. The smallest absolute Gasteiger partial charge is 0.305 e. The lowest BCUT2D eigenvalue weighted by Crippen LogP contribution is -2.54. The van der Waals surface area contributed by atoms with Crippen LogP contribution in [0.4, 0.5) is 0 Å². The van der Waals surface area contributed by atoms with E-state index in [1.165, 1.54) is 7.11 Å². The van der Waals surface area contributed by atoms with E-state index in [4.69, 9.17) is 14.6 Å². The number of ether oxygens (including phenoxy) is 2.